The zero-order chi connectivity index (χ0) is 20.7. The molecule has 9 heteroatoms. The van der Waals surface area contributed by atoms with E-state index in [1.165, 1.54) is 22.7 Å². The van der Waals surface area contributed by atoms with Gasteiger partial charge in [-0.2, -0.15) is 0 Å². The molecule has 2 aromatic rings. The highest BCUT2D eigenvalue weighted by Gasteiger charge is 2.21. The quantitative estimate of drug-likeness (QED) is 0.365. The molecule has 2 heterocycles. The van der Waals surface area contributed by atoms with Crippen molar-refractivity contribution in [1.82, 2.24) is 10.3 Å². The van der Waals surface area contributed by atoms with E-state index in [0.29, 0.717) is 23.1 Å². The van der Waals surface area contributed by atoms with E-state index in [1.807, 2.05) is 20.8 Å². The molecule has 2 N–H and O–H groups in total. The van der Waals surface area contributed by atoms with Crippen LogP contribution in [-0.2, 0) is 16.1 Å². The first-order valence-corrected chi connectivity index (χ1v) is 10.3. The Labute approximate surface area is 171 Å². The van der Waals surface area contributed by atoms with E-state index in [4.69, 9.17) is 4.74 Å². The molecule has 0 saturated heterocycles. The normalized spacial score (nSPS) is 11.0. The van der Waals surface area contributed by atoms with Crippen LogP contribution in [0.2, 0.25) is 0 Å². The zero-order valence-electron chi connectivity index (χ0n) is 16.0. The van der Waals surface area contributed by atoms with Crippen molar-refractivity contribution in [1.29, 1.82) is 0 Å². The predicted molar refractivity (Wildman–Crippen MR) is 111 cm³/mol. The number of aromatic nitrogens is 1. The second kappa shape index (κ2) is 9.61. The lowest BCUT2D eigenvalue weighted by molar-refractivity contribution is -0.128. The van der Waals surface area contributed by atoms with Crippen LogP contribution < -0.4 is 10.6 Å². The Morgan fingerprint density at radius 2 is 2.04 bits per heavy atom. The van der Waals surface area contributed by atoms with Gasteiger partial charge in [0, 0.05) is 22.2 Å². The Kier molecular flexibility index (Phi) is 7.47. The topological polar surface area (TPSA) is 97.4 Å². The van der Waals surface area contributed by atoms with Crippen LogP contribution in [0, 0.1) is 5.41 Å². The monoisotopic (exact) mass is 421 g/mol. The molecule has 0 bridgehead atoms. The van der Waals surface area contributed by atoms with Crippen molar-refractivity contribution in [2.24, 2.45) is 5.41 Å². The highest BCUT2D eigenvalue weighted by molar-refractivity contribution is 7.14. The number of thiazole rings is 1. The van der Waals surface area contributed by atoms with Crippen molar-refractivity contribution < 1.29 is 19.1 Å². The van der Waals surface area contributed by atoms with Gasteiger partial charge in [0.1, 0.15) is 0 Å². The SMILES string of the molecule is C=CCNc1nc(C(=O)OCC(=O)c2ccc(CNC(=O)C(C)(C)C)s2)cs1. The minimum absolute atomic E-state index is 0.0621. The van der Waals surface area contributed by atoms with Crippen molar-refractivity contribution in [3.8, 4) is 0 Å². The number of anilines is 1. The van der Waals surface area contributed by atoms with E-state index in [0.717, 1.165) is 4.88 Å². The molecule has 0 spiro atoms. The lowest BCUT2D eigenvalue weighted by atomic mass is 9.96. The molecule has 0 aliphatic carbocycles. The third kappa shape index (κ3) is 6.28. The van der Waals surface area contributed by atoms with Gasteiger partial charge < -0.3 is 15.4 Å². The standard InChI is InChI=1S/C19H23N3O4S2/c1-5-8-20-18-22-13(11-27-18)16(24)26-10-14(23)15-7-6-12(28-15)9-21-17(25)19(2,3)4/h5-7,11H,1,8-10H2,2-4H3,(H,20,22)(H,21,25). The number of ketones is 1. The summed E-state index contributed by atoms with van der Waals surface area (Å²) in [6, 6.07) is 3.44. The van der Waals surface area contributed by atoms with Crippen LogP contribution in [0.5, 0.6) is 0 Å². The average Bonchev–Trinajstić information content (AvgIpc) is 3.30. The lowest BCUT2D eigenvalue weighted by Crippen LogP contribution is -2.34. The molecule has 0 aliphatic rings. The van der Waals surface area contributed by atoms with E-state index in [9.17, 15) is 14.4 Å². The van der Waals surface area contributed by atoms with Gasteiger partial charge >= 0.3 is 5.97 Å². The minimum atomic E-state index is -0.648. The number of hydrogen-bond donors (Lipinski definition) is 2. The van der Waals surface area contributed by atoms with Crippen LogP contribution in [-0.4, -0.2) is 35.8 Å². The van der Waals surface area contributed by atoms with Gasteiger partial charge in [-0.25, -0.2) is 9.78 Å². The number of ether oxygens (including phenoxy) is 1. The molecule has 0 radical (unpaired) electrons. The molecule has 0 atom stereocenters. The number of Topliss-reactive ketones (excluding diaryl/α,β-unsaturated/α-hetero) is 1. The zero-order valence-corrected chi connectivity index (χ0v) is 17.7. The van der Waals surface area contributed by atoms with Crippen LogP contribution in [0.15, 0.2) is 30.2 Å². The van der Waals surface area contributed by atoms with Gasteiger partial charge in [-0.1, -0.05) is 26.8 Å². The summed E-state index contributed by atoms with van der Waals surface area (Å²) in [5, 5.41) is 7.96. The Bertz CT molecular complexity index is 865. The number of thiophene rings is 1. The van der Waals surface area contributed by atoms with E-state index in [-0.39, 0.29) is 24.0 Å². The molecule has 2 aromatic heterocycles. The van der Waals surface area contributed by atoms with Crippen LogP contribution >= 0.6 is 22.7 Å². The number of carbonyl (C=O) groups excluding carboxylic acids is 3. The number of nitrogens with zero attached hydrogens (tertiary/aromatic N) is 1. The third-order valence-corrected chi connectivity index (χ3v) is 5.41. The molecule has 0 aromatic carbocycles. The maximum absolute atomic E-state index is 12.2. The molecule has 0 fully saturated rings. The highest BCUT2D eigenvalue weighted by atomic mass is 32.1. The summed E-state index contributed by atoms with van der Waals surface area (Å²) in [6.07, 6.45) is 1.68. The van der Waals surface area contributed by atoms with E-state index in [1.54, 1.807) is 23.6 Å². The minimum Gasteiger partial charge on any atom is -0.453 e. The van der Waals surface area contributed by atoms with E-state index in [2.05, 4.69) is 22.2 Å². The van der Waals surface area contributed by atoms with Crippen LogP contribution in [0.1, 0.15) is 45.8 Å². The number of rotatable bonds is 9. The van der Waals surface area contributed by atoms with Gasteiger partial charge in [0.15, 0.2) is 17.4 Å². The molecular formula is C19H23N3O4S2. The van der Waals surface area contributed by atoms with Crippen molar-refractivity contribution in [2.75, 3.05) is 18.5 Å². The molecule has 0 saturated carbocycles. The number of hydrogen-bond acceptors (Lipinski definition) is 8. The molecule has 0 unspecified atom stereocenters. The smallest absolute Gasteiger partial charge is 0.358 e. The fourth-order valence-electron chi connectivity index (χ4n) is 1.94. The number of amides is 1. The van der Waals surface area contributed by atoms with Crippen LogP contribution in [0.3, 0.4) is 0 Å². The molecular weight excluding hydrogens is 398 g/mol. The first-order valence-electron chi connectivity index (χ1n) is 8.58. The van der Waals surface area contributed by atoms with Gasteiger partial charge in [0.2, 0.25) is 11.7 Å². The van der Waals surface area contributed by atoms with Crippen LogP contribution in [0.25, 0.3) is 0 Å². The van der Waals surface area contributed by atoms with Crippen molar-refractivity contribution in [3.63, 3.8) is 0 Å². The molecule has 28 heavy (non-hydrogen) atoms. The number of esters is 1. The predicted octanol–water partition coefficient (Wildman–Crippen LogP) is 3.50. The second-order valence-electron chi connectivity index (χ2n) is 6.91. The van der Waals surface area contributed by atoms with Crippen molar-refractivity contribution in [2.45, 2.75) is 27.3 Å². The maximum atomic E-state index is 12.2. The third-order valence-electron chi connectivity index (χ3n) is 3.49. The summed E-state index contributed by atoms with van der Waals surface area (Å²) >= 11 is 2.54. The van der Waals surface area contributed by atoms with Gasteiger partial charge in [-0.15, -0.1) is 29.3 Å². The first kappa shape index (κ1) is 21.8. The Balaban J connectivity index is 1.84. The average molecular weight is 422 g/mol. The summed E-state index contributed by atoms with van der Waals surface area (Å²) in [5.74, 6) is -1.01. The Morgan fingerprint density at radius 3 is 2.71 bits per heavy atom. The molecule has 2 rings (SSSR count). The molecule has 0 aliphatic heterocycles. The Morgan fingerprint density at radius 1 is 1.29 bits per heavy atom. The fraction of sp³-hybridized carbons (Fsp3) is 0.368. The number of carbonyl (C=O) groups is 3. The summed E-state index contributed by atoms with van der Waals surface area (Å²) in [5.41, 5.74) is -0.318. The summed E-state index contributed by atoms with van der Waals surface area (Å²) in [4.78, 5) is 41.6. The largest absolute Gasteiger partial charge is 0.453 e. The summed E-state index contributed by atoms with van der Waals surface area (Å²) < 4.78 is 5.06. The second-order valence-corrected chi connectivity index (χ2v) is 8.93. The lowest BCUT2D eigenvalue weighted by Gasteiger charge is -2.17. The first-order chi connectivity index (χ1) is 13.2. The molecule has 1 amide bonds. The number of nitrogens with one attached hydrogen (secondary N) is 2. The van der Waals surface area contributed by atoms with Gasteiger partial charge in [-0.05, 0) is 12.1 Å². The summed E-state index contributed by atoms with van der Waals surface area (Å²) in [6.45, 7) is 9.63. The van der Waals surface area contributed by atoms with Crippen molar-refractivity contribution >= 4 is 45.5 Å². The van der Waals surface area contributed by atoms with Gasteiger partial charge in [0.25, 0.3) is 0 Å². The fourth-order valence-corrected chi connectivity index (χ4v) is 3.50. The van der Waals surface area contributed by atoms with E-state index < -0.39 is 11.4 Å². The van der Waals surface area contributed by atoms with Gasteiger partial charge in [-0.3, -0.25) is 9.59 Å². The molecule has 7 nitrogen and oxygen atoms in total. The van der Waals surface area contributed by atoms with E-state index >= 15 is 0 Å². The maximum Gasteiger partial charge on any atom is 0.358 e. The summed E-state index contributed by atoms with van der Waals surface area (Å²) in [7, 11) is 0. The molecule has 150 valence electrons. The highest BCUT2D eigenvalue weighted by Crippen LogP contribution is 2.19. The van der Waals surface area contributed by atoms with Crippen LogP contribution in [0.4, 0.5) is 5.13 Å². The van der Waals surface area contributed by atoms with Crippen molar-refractivity contribution in [3.05, 3.63) is 45.6 Å². The van der Waals surface area contributed by atoms with Gasteiger partial charge in [0.05, 0.1) is 11.4 Å². The Hall–Kier alpha value is -2.52.